The minimum Gasteiger partial charge on any atom is -0.324 e. The van der Waals surface area contributed by atoms with E-state index in [1.54, 1.807) is 0 Å². The van der Waals surface area contributed by atoms with Gasteiger partial charge < -0.3 is 5.73 Å². The zero-order valence-electron chi connectivity index (χ0n) is 11.9. The molecule has 0 saturated heterocycles. The van der Waals surface area contributed by atoms with Crippen molar-refractivity contribution in [2.24, 2.45) is 5.73 Å². The molecule has 0 aliphatic heterocycles. The Morgan fingerprint density at radius 2 is 1.83 bits per heavy atom. The van der Waals surface area contributed by atoms with Crippen LogP contribution in [0.3, 0.4) is 0 Å². The lowest BCUT2D eigenvalue weighted by Gasteiger charge is -2.21. The molecular weight excluding hydrogens is 220 g/mol. The number of aryl methyl sites for hydroxylation is 1. The second kappa shape index (κ2) is 4.36. The Morgan fingerprint density at radius 3 is 2.39 bits per heavy atom. The number of rotatable bonds is 1. The zero-order chi connectivity index (χ0) is 13.5. The molecule has 2 rings (SSSR count). The second-order valence-electron chi connectivity index (χ2n) is 6.16. The van der Waals surface area contributed by atoms with E-state index in [0.29, 0.717) is 0 Å². The minimum absolute atomic E-state index is 0.0263. The Labute approximate surface area is 109 Å². The van der Waals surface area contributed by atoms with Crippen molar-refractivity contribution in [3.63, 3.8) is 0 Å². The van der Waals surface area contributed by atoms with Crippen LogP contribution in [-0.4, -0.2) is 4.98 Å². The lowest BCUT2D eigenvalue weighted by molar-refractivity contribution is 0.569. The van der Waals surface area contributed by atoms with Crippen molar-refractivity contribution in [1.82, 2.24) is 4.98 Å². The lowest BCUT2D eigenvalue weighted by Crippen LogP contribution is -2.16. The summed E-state index contributed by atoms with van der Waals surface area (Å²) in [5, 5.41) is 1.18. The number of nitrogens with two attached hydrogens (primary N) is 1. The summed E-state index contributed by atoms with van der Waals surface area (Å²) in [7, 11) is 0. The van der Waals surface area contributed by atoms with Gasteiger partial charge >= 0.3 is 0 Å². The molecule has 0 radical (unpaired) electrons. The molecule has 0 bridgehead atoms. The highest BCUT2D eigenvalue weighted by molar-refractivity contribution is 5.83. The monoisotopic (exact) mass is 242 g/mol. The van der Waals surface area contributed by atoms with Crippen molar-refractivity contribution >= 4 is 10.9 Å². The third kappa shape index (κ3) is 2.39. The highest BCUT2D eigenvalue weighted by Gasteiger charge is 2.18. The van der Waals surface area contributed by atoms with Crippen LogP contribution < -0.4 is 5.73 Å². The van der Waals surface area contributed by atoms with Crippen LogP contribution in [0.5, 0.6) is 0 Å². The summed E-state index contributed by atoms with van der Waals surface area (Å²) in [5.41, 5.74) is 10.7. The smallest absolute Gasteiger partial charge is 0.0709 e. The molecule has 2 N–H and O–H groups in total. The minimum atomic E-state index is 0.0263. The fraction of sp³-hybridized carbons (Fsp3) is 0.438. The number of benzene rings is 1. The molecule has 2 aromatic rings. The third-order valence-electron chi connectivity index (χ3n) is 3.26. The molecule has 0 fully saturated rings. The molecule has 0 spiro atoms. The summed E-state index contributed by atoms with van der Waals surface area (Å²) in [5.74, 6) is 0. The first kappa shape index (κ1) is 13.0. The zero-order valence-corrected chi connectivity index (χ0v) is 11.9. The van der Waals surface area contributed by atoms with Gasteiger partial charge in [-0.05, 0) is 37.6 Å². The first-order valence-corrected chi connectivity index (χ1v) is 6.46. The number of fused-ring (bicyclic) bond motifs is 1. The Balaban J connectivity index is 2.79. The van der Waals surface area contributed by atoms with Crippen molar-refractivity contribution in [2.75, 3.05) is 0 Å². The van der Waals surface area contributed by atoms with Gasteiger partial charge in [-0.25, -0.2) is 0 Å². The molecule has 0 saturated carbocycles. The van der Waals surface area contributed by atoms with Crippen molar-refractivity contribution in [3.05, 3.63) is 41.1 Å². The van der Waals surface area contributed by atoms with Gasteiger partial charge in [-0.2, -0.15) is 0 Å². The van der Waals surface area contributed by atoms with Crippen molar-refractivity contribution in [1.29, 1.82) is 0 Å². The van der Waals surface area contributed by atoms with E-state index < -0.39 is 0 Å². The maximum absolute atomic E-state index is 6.11. The molecule has 0 aliphatic carbocycles. The highest BCUT2D eigenvalue weighted by atomic mass is 14.7. The van der Waals surface area contributed by atoms with Crippen LogP contribution in [0, 0.1) is 6.92 Å². The molecule has 1 aromatic carbocycles. The van der Waals surface area contributed by atoms with Gasteiger partial charge in [-0.3, -0.25) is 4.98 Å². The molecular formula is C16H22N2. The number of aromatic nitrogens is 1. The molecule has 96 valence electrons. The third-order valence-corrected chi connectivity index (χ3v) is 3.26. The average molecular weight is 242 g/mol. The van der Waals surface area contributed by atoms with Crippen LogP contribution in [0.1, 0.15) is 50.6 Å². The molecule has 1 heterocycles. The Morgan fingerprint density at radius 1 is 1.17 bits per heavy atom. The van der Waals surface area contributed by atoms with Gasteiger partial charge in [0.25, 0.3) is 0 Å². The molecule has 2 nitrogen and oxygen atoms in total. The van der Waals surface area contributed by atoms with E-state index in [-0.39, 0.29) is 11.5 Å². The summed E-state index contributed by atoms with van der Waals surface area (Å²) >= 11 is 0. The summed E-state index contributed by atoms with van der Waals surface area (Å²) < 4.78 is 0. The molecule has 2 heteroatoms. The van der Waals surface area contributed by atoms with Gasteiger partial charge in [0.05, 0.1) is 5.52 Å². The first-order valence-electron chi connectivity index (χ1n) is 6.46. The van der Waals surface area contributed by atoms with Crippen molar-refractivity contribution < 1.29 is 0 Å². The molecule has 1 unspecified atom stereocenters. The van der Waals surface area contributed by atoms with Crippen LogP contribution in [-0.2, 0) is 5.41 Å². The standard InChI is InChI=1S/C16H22N2/c1-10-6-7-14-13(8-10)12(11(2)17)9-15(18-14)16(3,4)5/h6-9,11H,17H2,1-5H3. The summed E-state index contributed by atoms with van der Waals surface area (Å²) in [4.78, 5) is 4.78. The predicted molar refractivity (Wildman–Crippen MR) is 77.8 cm³/mol. The van der Waals surface area contributed by atoms with Crippen LogP contribution in [0.15, 0.2) is 24.3 Å². The number of pyridine rings is 1. The summed E-state index contributed by atoms with van der Waals surface area (Å²) in [6.45, 7) is 10.7. The summed E-state index contributed by atoms with van der Waals surface area (Å²) in [6, 6.07) is 8.55. The molecule has 0 amide bonds. The van der Waals surface area contributed by atoms with E-state index in [4.69, 9.17) is 10.7 Å². The fourth-order valence-corrected chi connectivity index (χ4v) is 2.13. The van der Waals surface area contributed by atoms with Crippen LogP contribution in [0.25, 0.3) is 10.9 Å². The maximum Gasteiger partial charge on any atom is 0.0709 e. The fourth-order valence-electron chi connectivity index (χ4n) is 2.13. The number of hydrogen-bond acceptors (Lipinski definition) is 2. The van der Waals surface area contributed by atoms with Crippen molar-refractivity contribution in [2.45, 2.75) is 46.1 Å². The molecule has 1 aromatic heterocycles. The highest BCUT2D eigenvalue weighted by Crippen LogP contribution is 2.29. The van der Waals surface area contributed by atoms with Gasteiger partial charge in [0.2, 0.25) is 0 Å². The number of hydrogen-bond donors (Lipinski definition) is 1. The van der Waals surface area contributed by atoms with Crippen molar-refractivity contribution in [3.8, 4) is 0 Å². The first-order chi connectivity index (χ1) is 8.29. The summed E-state index contributed by atoms with van der Waals surface area (Å²) in [6.07, 6.45) is 0. The molecule has 0 aliphatic rings. The normalized spacial score (nSPS) is 13.9. The topological polar surface area (TPSA) is 38.9 Å². The number of nitrogens with zero attached hydrogens (tertiary/aromatic N) is 1. The Kier molecular flexibility index (Phi) is 3.16. The van der Waals surface area contributed by atoms with Crippen LogP contribution in [0.4, 0.5) is 0 Å². The quantitative estimate of drug-likeness (QED) is 0.824. The lowest BCUT2D eigenvalue weighted by atomic mass is 9.88. The largest absolute Gasteiger partial charge is 0.324 e. The van der Waals surface area contributed by atoms with Gasteiger partial charge in [-0.1, -0.05) is 32.4 Å². The van der Waals surface area contributed by atoms with E-state index >= 15 is 0 Å². The van der Waals surface area contributed by atoms with Gasteiger partial charge in [0, 0.05) is 22.5 Å². The SMILES string of the molecule is Cc1ccc2nc(C(C)(C)C)cc(C(C)N)c2c1. The van der Waals surface area contributed by atoms with Crippen LogP contribution in [0.2, 0.25) is 0 Å². The maximum atomic E-state index is 6.11. The van der Waals surface area contributed by atoms with Crippen LogP contribution >= 0.6 is 0 Å². The molecule has 18 heavy (non-hydrogen) atoms. The Bertz CT molecular complexity index is 577. The van der Waals surface area contributed by atoms with E-state index in [1.807, 2.05) is 6.92 Å². The predicted octanol–water partition coefficient (Wildman–Crippen LogP) is 3.86. The second-order valence-corrected chi connectivity index (χ2v) is 6.16. The van der Waals surface area contributed by atoms with Gasteiger partial charge in [0.1, 0.15) is 0 Å². The Hall–Kier alpha value is -1.41. The van der Waals surface area contributed by atoms with Gasteiger partial charge in [-0.15, -0.1) is 0 Å². The van der Waals surface area contributed by atoms with Gasteiger partial charge in [0.15, 0.2) is 0 Å². The van der Waals surface area contributed by atoms with E-state index in [0.717, 1.165) is 11.2 Å². The average Bonchev–Trinajstić information content (AvgIpc) is 2.25. The van der Waals surface area contributed by atoms with E-state index in [1.165, 1.54) is 16.5 Å². The van der Waals surface area contributed by atoms with E-state index in [9.17, 15) is 0 Å². The molecule has 1 atom stereocenters. The van der Waals surface area contributed by atoms with E-state index in [2.05, 4.69) is 52.0 Å².